The first-order chi connectivity index (χ1) is 7.51. The summed E-state index contributed by atoms with van der Waals surface area (Å²) in [6.07, 6.45) is -3.47. The summed E-state index contributed by atoms with van der Waals surface area (Å²) in [4.78, 5) is 0. The third-order valence-electron chi connectivity index (χ3n) is 1.79. The van der Waals surface area contributed by atoms with E-state index in [1.54, 1.807) is 6.20 Å². The van der Waals surface area contributed by atoms with Crippen LogP contribution in [-0.4, -0.2) is 34.4 Å². The fourth-order valence-corrected chi connectivity index (χ4v) is 0.989. The molecule has 1 aromatic heterocycles. The van der Waals surface area contributed by atoms with Gasteiger partial charge < -0.3 is 10.5 Å². The van der Waals surface area contributed by atoms with E-state index in [1.807, 2.05) is 0 Å². The first kappa shape index (κ1) is 12.9. The molecule has 0 fully saturated rings. The van der Waals surface area contributed by atoms with Gasteiger partial charge in [-0.05, 0) is 0 Å². The molecule has 0 aliphatic heterocycles. The molecule has 0 bridgehead atoms. The molecule has 92 valence electrons. The summed E-state index contributed by atoms with van der Waals surface area (Å²) in [6.45, 7) is 0.491. The van der Waals surface area contributed by atoms with Crippen molar-refractivity contribution in [3.63, 3.8) is 0 Å². The van der Waals surface area contributed by atoms with Gasteiger partial charge in [-0.15, -0.1) is 5.10 Å². The van der Waals surface area contributed by atoms with Gasteiger partial charge in [0.25, 0.3) is 0 Å². The molecule has 2 N–H and O–H groups in total. The van der Waals surface area contributed by atoms with Crippen molar-refractivity contribution >= 4 is 0 Å². The van der Waals surface area contributed by atoms with E-state index in [0.29, 0.717) is 12.2 Å². The number of halogens is 3. The number of rotatable bonds is 6. The van der Waals surface area contributed by atoms with Crippen LogP contribution in [0.2, 0.25) is 0 Å². The van der Waals surface area contributed by atoms with E-state index in [1.165, 1.54) is 4.68 Å². The smallest absolute Gasteiger partial charge is 0.379 e. The molecular weight excluding hydrogens is 225 g/mol. The minimum Gasteiger partial charge on any atom is -0.379 e. The van der Waals surface area contributed by atoms with E-state index in [4.69, 9.17) is 10.5 Å². The fourth-order valence-electron chi connectivity index (χ4n) is 0.989. The lowest BCUT2D eigenvalue weighted by atomic mass is 10.4. The van der Waals surface area contributed by atoms with E-state index >= 15 is 0 Å². The molecule has 0 radical (unpaired) electrons. The van der Waals surface area contributed by atoms with Crippen LogP contribution in [0.5, 0.6) is 0 Å². The standard InChI is InChI=1S/C8H13F3N4O/c9-8(10,11)1-3-16-4-2-15-6-7(5-12)13-14-15/h6H,1-5,12H2. The Labute approximate surface area is 90.4 Å². The van der Waals surface area contributed by atoms with E-state index in [9.17, 15) is 13.2 Å². The van der Waals surface area contributed by atoms with Crippen LogP contribution in [0, 0.1) is 0 Å². The van der Waals surface area contributed by atoms with E-state index in [0.717, 1.165) is 0 Å². The number of ether oxygens (including phenoxy) is 1. The maximum Gasteiger partial charge on any atom is 0.391 e. The lowest BCUT2D eigenvalue weighted by Gasteiger charge is -2.06. The normalized spacial score (nSPS) is 12.0. The summed E-state index contributed by atoms with van der Waals surface area (Å²) < 4.78 is 41.5. The number of alkyl halides is 3. The number of nitrogens with zero attached hydrogens (tertiary/aromatic N) is 3. The van der Waals surface area contributed by atoms with Crippen LogP contribution in [0.1, 0.15) is 12.1 Å². The number of aromatic nitrogens is 3. The van der Waals surface area contributed by atoms with Gasteiger partial charge in [-0.3, -0.25) is 0 Å². The molecule has 0 saturated heterocycles. The molecule has 0 saturated carbocycles. The van der Waals surface area contributed by atoms with Gasteiger partial charge in [-0.2, -0.15) is 13.2 Å². The highest BCUT2D eigenvalue weighted by Crippen LogP contribution is 2.18. The number of hydrogen-bond acceptors (Lipinski definition) is 4. The van der Waals surface area contributed by atoms with Crippen LogP contribution < -0.4 is 5.73 Å². The third kappa shape index (κ3) is 5.08. The van der Waals surface area contributed by atoms with E-state index in [-0.39, 0.29) is 19.8 Å². The quantitative estimate of drug-likeness (QED) is 0.741. The van der Waals surface area contributed by atoms with Crippen molar-refractivity contribution in [3.05, 3.63) is 11.9 Å². The molecule has 0 spiro atoms. The van der Waals surface area contributed by atoms with Crippen molar-refractivity contribution in [2.45, 2.75) is 25.7 Å². The lowest BCUT2D eigenvalue weighted by Crippen LogP contribution is -2.14. The average Bonchev–Trinajstić information content (AvgIpc) is 2.63. The average molecular weight is 238 g/mol. The van der Waals surface area contributed by atoms with Crippen molar-refractivity contribution < 1.29 is 17.9 Å². The monoisotopic (exact) mass is 238 g/mol. The second kappa shape index (κ2) is 5.80. The molecule has 0 unspecified atom stereocenters. The van der Waals surface area contributed by atoms with Crippen molar-refractivity contribution in [3.8, 4) is 0 Å². The maximum absolute atomic E-state index is 11.7. The van der Waals surface area contributed by atoms with Gasteiger partial charge in [-0.1, -0.05) is 5.21 Å². The van der Waals surface area contributed by atoms with Crippen molar-refractivity contribution in [2.24, 2.45) is 5.73 Å². The topological polar surface area (TPSA) is 66.0 Å². The van der Waals surface area contributed by atoms with Crippen molar-refractivity contribution in [1.82, 2.24) is 15.0 Å². The van der Waals surface area contributed by atoms with Crippen molar-refractivity contribution in [2.75, 3.05) is 13.2 Å². The first-order valence-electron chi connectivity index (χ1n) is 4.75. The Hall–Kier alpha value is -1.15. The van der Waals surface area contributed by atoms with Crippen LogP contribution >= 0.6 is 0 Å². The van der Waals surface area contributed by atoms with Crippen molar-refractivity contribution in [1.29, 1.82) is 0 Å². The second-order valence-corrected chi connectivity index (χ2v) is 3.15. The zero-order valence-corrected chi connectivity index (χ0v) is 8.57. The Morgan fingerprint density at radius 1 is 1.38 bits per heavy atom. The summed E-state index contributed by atoms with van der Waals surface area (Å²) in [5.41, 5.74) is 5.95. The predicted molar refractivity (Wildman–Crippen MR) is 49.4 cm³/mol. The van der Waals surface area contributed by atoms with Gasteiger partial charge in [0.1, 0.15) is 0 Å². The highest BCUT2D eigenvalue weighted by atomic mass is 19.4. The van der Waals surface area contributed by atoms with Crippen LogP contribution in [0.3, 0.4) is 0 Å². The zero-order valence-electron chi connectivity index (χ0n) is 8.57. The maximum atomic E-state index is 11.7. The van der Waals surface area contributed by atoms with Crippen LogP contribution in [0.25, 0.3) is 0 Å². The third-order valence-corrected chi connectivity index (χ3v) is 1.79. The van der Waals surface area contributed by atoms with Gasteiger partial charge in [0.05, 0.1) is 31.9 Å². The Balaban J connectivity index is 2.11. The highest BCUT2D eigenvalue weighted by Gasteiger charge is 2.26. The summed E-state index contributed by atoms with van der Waals surface area (Å²) in [6, 6.07) is 0. The Bertz CT molecular complexity index is 312. The Kier molecular flexibility index (Phi) is 4.69. The molecular formula is C8H13F3N4O. The molecule has 16 heavy (non-hydrogen) atoms. The molecule has 0 atom stereocenters. The van der Waals surface area contributed by atoms with Crippen LogP contribution in [-0.2, 0) is 17.8 Å². The summed E-state index contributed by atoms with van der Waals surface area (Å²) in [5, 5.41) is 7.44. The number of nitrogens with two attached hydrogens (primary N) is 1. The van der Waals surface area contributed by atoms with E-state index < -0.39 is 12.6 Å². The molecule has 5 nitrogen and oxygen atoms in total. The minimum atomic E-state index is -4.17. The molecule has 0 aromatic carbocycles. The number of hydrogen-bond donors (Lipinski definition) is 1. The molecule has 0 amide bonds. The van der Waals surface area contributed by atoms with Crippen LogP contribution in [0.15, 0.2) is 6.20 Å². The second-order valence-electron chi connectivity index (χ2n) is 3.15. The predicted octanol–water partition coefficient (Wildman–Crippen LogP) is 0.706. The highest BCUT2D eigenvalue weighted by molar-refractivity contribution is 4.90. The zero-order chi connectivity index (χ0) is 12.0. The molecule has 8 heteroatoms. The lowest BCUT2D eigenvalue weighted by molar-refractivity contribution is -0.145. The van der Waals surface area contributed by atoms with E-state index in [2.05, 4.69) is 10.3 Å². The molecule has 1 aromatic rings. The SMILES string of the molecule is NCc1cn(CCOCCC(F)(F)F)nn1. The molecule has 1 heterocycles. The Morgan fingerprint density at radius 3 is 2.69 bits per heavy atom. The molecule has 1 rings (SSSR count). The van der Waals surface area contributed by atoms with Gasteiger partial charge >= 0.3 is 6.18 Å². The largest absolute Gasteiger partial charge is 0.391 e. The first-order valence-corrected chi connectivity index (χ1v) is 4.75. The summed E-state index contributed by atoms with van der Waals surface area (Å²) >= 11 is 0. The molecule has 0 aliphatic carbocycles. The van der Waals surface area contributed by atoms with Gasteiger partial charge in [0.15, 0.2) is 0 Å². The Morgan fingerprint density at radius 2 is 2.12 bits per heavy atom. The minimum absolute atomic E-state index is 0.170. The summed E-state index contributed by atoms with van der Waals surface area (Å²) in [7, 11) is 0. The van der Waals surface area contributed by atoms with Gasteiger partial charge in [-0.25, -0.2) is 4.68 Å². The molecule has 0 aliphatic rings. The van der Waals surface area contributed by atoms with Gasteiger partial charge in [0.2, 0.25) is 0 Å². The van der Waals surface area contributed by atoms with Gasteiger partial charge in [0, 0.05) is 12.7 Å². The fraction of sp³-hybridized carbons (Fsp3) is 0.750. The summed E-state index contributed by atoms with van der Waals surface area (Å²) in [5.74, 6) is 0. The van der Waals surface area contributed by atoms with Crippen LogP contribution in [0.4, 0.5) is 13.2 Å².